The summed E-state index contributed by atoms with van der Waals surface area (Å²) in [6.45, 7) is 2.00. The molecule has 3 heterocycles. The van der Waals surface area contributed by atoms with Gasteiger partial charge < -0.3 is 9.47 Å². The Balaban J connectivity index is 1.35. The molecule has 1 fully saturated rings. The summed E-state index contributed by atoms with van der Waals surface area (Å²) in [6.07, 6.45) is 5.57. The first-order valence-corrected chi connectivity index (χ1v) is 12.1. The molecule has 1 amide bonds. The molecule has 0 atom stereocenters. The van der Waals surface area contributed by atoms with Crippen LogP contribution in [-0.4, -0.2) is 41.1 Å². The molecule has 2 aliphatic rings. The number of esters is 1. The molecule has 170 valence electrons. The fourth-order valence-corrected chi connectivity index (χ4v) is 5.05. The lowest BCUT2D eigenvalue weighted by molar-refractivity contribution is -0.150. The third-order valence-electron chi connectivity index (χ3n) is 6.13. The molecule has 0 spiro atoms. The van der Waals surface area contributed by atoms with Crippen molar-refractivity contribution in [2.24, 2.45) is 5.92 Å². The molecule has 7 nitrogen and oxygen atoms in total. The fraction of sp³-hybridized carbons (Fsp3) is 0.360. The van der Waals surface area contributed by atoms with Gasteiger partial charge in [0.1, 0.15) is 23.4 Å². The minimum absolute atomic E-state index is 0.0596. The van der Waals surface area contributed by atoms with Gasteiger partial charge in [-0.05, 0) is 61.9 Å². The van der Waals surface area contributed by atoms with Crippen LogP contribution in [0, 0.1) is 5.92 Å². The number of benzene rings is 1. The molecular formula is C25H25N3O4S. The van der Waals surface area contributed by atoms with Crippen LogP contribution in [0.15, 0.2) is 48.0 Å². The van der Waals surface area contributed by atoms with Gasteiger partial charge in [-0.1, -0.05) is 13.0 Å². The molecule has 0 unspecified atom stereocenters. The number of pyridine rings is 1. The summed E-state index contributed by atoms with van der Waals surface area (Å²) in [5.41, 5.74) is 2.99. The smallest absolute Gasteiger partial charge is 0.326 e. The first kappa shape index (κ1) is 21.6. The van der Waals surface area contributed by atoms with Crippen LogP contribution in [-0.2, 0) is 14.3 Å². The lowest BCUT2D eigenvalue weighted by Gasteiger charge is -2.30. The van der Waals surface area contributed by atoms with Crippen LogP contribution >= 0.6 is 11.3 Å². The Morgan fingerprint density at radius 1 is 1.18 bits per heavy atom. The molecule has 0 radical (unpaired) electrons. The van der Waals surface area contributed by atoms with E-state index >= 15 is 0 Å². The topological polar surface area (TPSA) is 81.6 Å². The van der Waals surface area contributed by atoms with Crippen molar-refractivity contribution in [2.45, 2.75) is 38.7 Å². The van der Waals surface area contributed by atoms with E-state index in [4.69, 9.17) is 14.5 Å². The van der Waals surface area contributed by atoms with Gasteiger partial charge in [0.05, 0.1) is 17.1 Å². The summed E-state index contributed by atoms with van der Waals surface area (Å²) >= 11 is 1.51. The van der Waals surface area contributed by atoms with Crippen molar-refractivity contribution in [2.75, 3.05) is 18.1 Å². The Hall–Kier alpha value is -3.26. The summed E-state index contributed by atoms with van der Waals surface area (Å²) < 4.78 is 11.3. The van der Waals surface area contributed by atoms with Gasteiger partial charge in [0, 0.05) is 17.1 Å². The molecule has 8 heteroatoms. The van der Waals surface area contributed by atoms with Crippen molar-refractivity contribution in [1.82, 2.24) is 9.97 Å². The molecule has 2 aromatic heterocycles. The van der Waals surface area contributed by atoms with E-state index in [9.17, 15) is 9.59 Å². The molecule has 1 aliphatic carbocycles. The molecule has 1 saturated carbocycles. The van der Waals surface area contributed by atoms with Gasteiger partial charge in [-0.25, -0.2) is 4.98 Å². The fourth-order valence-electron chi connectivity index (χ4n) is 4.25. The predicted molar refractivity (Wildman–Crippen MR) is 126 cm³/mol. The monoisotopic (exact) mass is 463 g/mol. The van der Waals surface area contributed by atoms with Crippen LogP contribution in [0.25, 0.3) is 22.0 Å². The number of hydrogen-bond donors (Lipinski definition) is 0. The van der Waals surface area contributed by atoms with Crippen LogP contribution in [0.2, 0.25) is 0 Å². The molecule has 33 heavy (non-hydrogen) atoms. The number of anilines is 1. The first-order chi connectivity index (χ1) is 16.1. The Labute approximate surface area is 196 Å². The lowest BCUT2D eigenvalue weighted by Crippen LogP contribution is -2.43. The SMILES string of the molecule is CC1CCC(OC(=O)CN2C(=O)COc3ccc(-c4csc(-c5ccccn5)n4)cc32)CC1. The van der Waals surface area contributed by atoms with Crippen molar-refractivity contribution in [3.63, 3.8) is 0 Å². The van der Waals surface area contributed by atoms with Crippen molar-refractivity contribution in [1.29, 1.82) is 0 Å². The van der Waals surface area contributed by atoms with Crippen LogP contribution < -0.4 is 9.64 Å². The van der Waals surface area contributed by atoms with Gasteiger partial charge in [0.15, 0.2) is 6.61 Å². The Kier molecular flexibility index (Phi) is 6.09. The Morgan fingerprint density at radius 2 is 2.03 bits per heavy atom. The van der Waals surface area contributed by atoms with Gasteiger partial charge in [-0.15, -0.1) is 11.3 Å². The maximum Gasteiger partial charge on any atom is 0.326 e. The van der Waals surface area contributed by atoms with Gasteiger partial charge in [-0.3, -0.25) is 19.5 Å². The number of ether oxygens (including phenoxy) is 2. The number of amides is 1. The van der Waals surface area contributed by atoms with E-state index in [0.717, 1.165) is 47.6 Å². The third kappa shape index (κ3) is 4.75. The molecular weight excluding hydrogens is 438 g/mol. The summed E-state index contributed by atoms with van der Waals surface area (Å²) in [4.78, 5) is 35.8. The van der Waals surface area contributed by atoms with E-state index in [0.29, 0.717) is 17.4 Å². The number of nitrogens with zero attached hydrogens (tertiary/aromatic N) is 3. The normalized spacial score (nSPS) is 20.2. The minimum atomic E-state index is -0.382. The van der Waals surface area contributed by atoms with Crippen LogP contribution in [0.5, 0.6) is 5.75 Å². The second-order valence-electron chi connectivity index (χ2n) is 8.58. The average molecular weight is 464 g/mol. The molecule has 1 aliphatic heterocycles. The highest BCUT2D eigenvalue weighted by atomic mass is 32.1. The van der Waals surface area contributed by atoms with Crippen LogP contribution in [0.4, 0.5) is 5.69 Å². The Morgan fingerprint density at radius 3 is 2.82 bits per heavy atom. The van der Waals surface area contributed by atoms with Crippen LogP contribution in [0.3, 0.4) is 0 Å². The summed E-state index contributed by atoms with van der Waals surface area (Å²) in [5, 5.41) is 2.78. The van der Waals surface area contributed by atoms with Gasteiger partial charge >= 0.3 is 5.97 Å². The molecule has 1 aromatic carbocycles. The zero-order valence-electron chi connectivity index (χ0n) is 18.4. The van der Waals surface area contributed by atoms with E-state index in [-0.39, 0.29) is 31.1 Å². The van der Waals surface area contributed by atoms with Crippen molar-refractivity contribution >= 4 is 28.9 Å². The minimum Gasteiger partial charge on any atom is -0.482 e. The summed E-state index contributed by atoms with van der Waals surface area (Å²) in [5.74, 6) is 0.598. The Bertz CT molecular complexity index is 1160. The second kappa shape index (κ2) is 9.31. The molecule has 5 rings (SSSR count). The van der Waals surface area contributed by atoms with E-state index in [2.05, 4.69) is 11.9 Å². The number of aromatic nitrogens is 2. The molecule has 0 N–H and O–H groups in total. The zero-order chi connectivity index (χ0) is 22.8. The standard InChI is InChI=1S/C25H25N3O4S/c1-16-5-8-18(9-6-16)32-24(30)13-28-21-12-17(7-10-22(21)31-14-23(28)29)20-15-33-25(27-20)19-4-2-3-11-26-19/h2-4,7,10-12,15-16,18H,5-6,8-9,13-14H2,1H3. The number of thiazole rings is 1. The van der Waals surface area contributed by atoms with Gasteiger partial charge in [0.25, 0.3) is 5.91 Å². The first-order valence-electron chi connectivity index (χ1n) is 11.2. The molecule has 0 bridgehead atoms. The van der Waals surface area contributed by atoms with Crippen LogP contribution in [0.1, 0.15) is 32.6 Å². The largest absolute Gasteiger partial charge is 0.482 e. The summed E-state index contributed by atoms with van der Waals surface area (Å²) in [7, 11) is 0. The zero-order valence-corrected chi connectivity index (χ0v) is 19.2. The number of hydrogen-bond acceptors (Lipinski definition) is 7. The highest BCUT2D eigenvalue weighted by Gasteiger charge is 2.30. The quantitative estimate of drug-likeness (QED) is 0.509. The lowest BCUT2D eigenvalue weighted by atomic mass is 9.89. The van der Waals surface area contributed by atoms with Crippen molar-refractivity contribution in [3.8, 4) is 27.7 Å². The van der Waals surface area contributed by atoms with E-state index in [1.54, 1.807) is 6.20 Å². The summed E-state index contributed by atoms with van der Waals surface area (Å²) in [6, 6.07) is 11.3. The van der Waals surface area contributed by atoms with Gasteiger partial charge in [0.2, 0.25) is 0 Å². The van der Waals surface area contributed by atoms with Crippen molar-refractivity contribution in [3.05, 3.63) is 48.0 Å². The molecule has 0 saturated heterocycles. The van der Waals surface area contributed by atoms with E-state index in [1.807, 2.05) is 41.8 Å². The average Bonchev–Trinajstić information content (AvgIpc) is 3.33. The second-order valence-corrected chi connectivity index (χ2v) is 9.43. The number of carbonyl (C=O) groups is 2. The predicted octanol–water partition coefficient (Wildman–Crippen LogP) is 4.72. The third-order valence-corrected chi connectivity index (χ3v) is 7.00. The maximum absolute atomic E-state index is 12.7. The maximum atomic E-state index is 12.7. The van der Waals surface area contributed by atoms with E-state index < -0.39 is 0 Å². The molecule has 3 aromatic rings. The van der Waals surface area contributed by atoms with E-state index in [1.165, 1.54) is 16.2 Å². The number of carbonyl (C=O) groups excluding carboxylic acids is 2. The van der Waals surface area contributed by atoms with Gasteiger partial charge in [-0.2, -0.15) is 0 Å². The van der Waals surface area contributed by atoms with Crippen molar-refractivity contribution < 1.29 is 19.1 Å². The highest BCUT2D eigenvalue weighted by Crippen LogP contribution is 2.37. The highest BCUT2D eigenvalue weighted by molar-refractivity contribution is 7.13. The number of fused-ring (bicyclic) bond motifs is 1. The number of rotatable bonds is 5.